The first kappa shape index (κ1) is 12.3. The number of ether oxygens (including phenoxy) is 1. The number of nitrogens with zero attached hydrogens (tertiary/aromatic N) is 2. The molecule has 0 spiro atoms. The van der Waals surface area contributed by atoms with Crippen LogP contribution in [0.3, 0.4) is 0 Å². The molecular formula is C12H16N2O2. The van der Waals surface area contributed by atoms with Crippen LogP contribution in [0.5, 0.6) is 0 Å². The van der Waals surface area contributed by atoms with Gasteiger partial charge < -0.3 is 9.30 Å². The minimum atomic E-state index is -0.363. The summed E-state index contributed by atoms with van der Waals surface area (Å²) in [6.45, 7) is 3.81. The Hall–Kier alpha value is -1.76. The van der Waals surface area contributed by atoms with Crippen LogP contribution in [0.25, 0.3) is 0 Å². The molecule has 0 saturated carbocycles. The van der Waals surface area contributed by atoms with Gasteiger partial charge in [-0.05, 0) is 25.5 Å². The minimum absolute atomic E-state index is 0.242. The summed E-state index contributed by atoms with van der Waals surface area (Å²) in [5.41, 5.74) is 1.52. The fourth-order valence-electron chi connectivity index (χ4n) is 1.40. The van der Waals surface area contributed by atoms with Gasteiger partial charge in [0.1, 0.15) is 11.8 Å². The van der Waals surface area contributed by atoms with Crippen molar-refractivity contribution in [2.75, 3.05) is 0 Å². The van der Waals surface area contributed by atoms with Gasteiger partial charge in [0.25, 0.3) is 0 Å². The zero-order chi connectivity index (χ0) is 12.1. The number of hydrogen-bond donors (Lipinski definition) is 0. The Bertz CT molecular complexity index is 415. The van der Waals surface area contributed by atoms with E-state index < -0.39 is 0 Å². The number of hydrogen-bond acceptors (Lipinski definition) is 3. The second-order valence-corrected chi connectivity index (χ2v) is 3.72. The molecule has 1 rings (SSSR count). The first-order chi connectivity index (χ1) is 7.60. The number of carbonyl (C=O) groups is 1. The van der Waals surface area contributed by atoms with E-state index in [9.17, 15) is 4.79 Å². The molecule has 86 valence electrons. The van der Waals surface area contributed by atoms with Crippen molar-refractivity contribution in [3.05, 3.63) is 23.5 Å². The maximum atomic E-state index is 11.8. The van der Waals surface area contributed by atoms with Gasteiger partial charge in [-0.25, -0.2) is 4.79 Å². The van der Waals surface area contributed by atoms with Crippen molar-refractivity contribution in [2.45, 2.75) is 32.8 Å². The largest absolute Gasteiger partial charge is 0.457 e. The van der Waals surface area contributed by atoms with Gasteiger partial charge in [0.15, 0.2) is 0 Å². The maximum Gasteiger partial charge on any atom is 0.355 e. The van der Waals surface area contributed by atoms with Crippen LogP contribution in [-0.4, -0.2) is 16.6 Å². The quantitative estimate of drug-likeness (QED) is 0.731. The summed E-state index contributed by atoms with van der Waals surface area (Å²) in [5.74, 6) is -0.363. The van der Waals surface area contributed by atoms with Gasteiger partial charge in [0.05, 0.1) is 12.5 Å². The van der Waals surface area contributed by atoms with Crippen molar-refractivity contribution in [2.24, 2.45) is 7.05 Å². The lowest BCUT2D eigenvalue weighted by molar-refractivity contribution is 0.0292. The zero-order valence-electron chi connectivity index (χ0n) is 9.86. The highest BCUT2D eigenvalue weighted by molar-refractivity contribution is 5.88. The zero-order valence-corrected chi connectivity index (χ0v) is 9.86. The predicted molar refractivity (Wildman–Crippen MR) is 59.9 cm³/mol. The molecule has 0 aliphatic heterocycles. The van der Waals surface area contributed by atoms with Crippen molar-refractivity contribution in [3.8, 4) is 6.07 Å². The molecule has 1 heterocycles. The van der Waals surface area contributed by atoms with Gasteiger partial charge in [-0.2, -0.15) is 5.26 Å². The SMILES string of the molecule is CC[C@@H](CC#N)OC(=O)c1ccc(C)n1C. The molecule has 0 radical (unpaired) electrons. The monoisotopic (exact) mass is 220 g/mol. The molecule has 1 atom stereocenters. The van der Waals surface area contributed by atoms with E-state index in [1.165, 1.54) is 0 Å². The average Bonchev–Trinajstić information content (AvgIpc) is 2.59. The summed E-state index contributed by atoms with van der Waals surface area (Å²) in [7, 11) is 1.82. The first-order valence-corrected chi connectivity index (χ1v) is 5.30. The Balaban J connectivity index is 2.72. The number of rotatable bonds is 4. The number of carbonyl (C=O) groups excluding carboxylic acids is 1. The lowest BCUT2D eigenvalue weighted by Gasteiger charge is -2.13. The summed E-state index contributed by atoms with van der Waals surface area (Å²) in [5, 5.41) is 8.56. The molecule has 0 aliphatic rings. The van der Waals surface area contributed by atoms with Gasteiger partial charge >= 0.3 is 5.97 Å². The van der Waals surface area contributed by atoms with Crippen LogP contribution in [-0.2, 0) is 11.8 Å². The van der Waals surface area contributed by atoms with Crippen LogP contribution in [0, 0.1) is 18.3 Å². The molecule has 0 aliphatic carbocycles. The highest BCUT2D eigenvalue weighted by Crippen LogP contribution is 2.11. The lowest BCUT2D eigenvalue weighted by Crippen LogP contribution is -2.19. The topological polar surface area (TPSA) is 55.0 Å². The standard InChI is InChI=1S/C12H16N2O2/c1-4-10(7-8-13)16-12(15)11-6-5-9(2)14(11)3/h5-6,10H,4,7H2,1-3H3/t10-/m0/s1. The molecule has 4 heteroatoms. The third-order valence-electron chi connectivity index (χ3n) is 2.63. The fourth-order valence-corrected chi connectivity index (χ4v) is 1.40. The summed E-state index contributed by atoms with van der Waals surface area (Å²) >= 11 is 0. The van der Waals surface area contributed by atoms with E-state index in [0.29, 0.717) is 12.1 Å². The van der Waals surface area contributed by atoms with Crippen molar-refractivity contribution < 1.29 is 9.53 Å². The highest BCUT2D eigenvalue weighted by atomic mass is 16.5. The Kier molecular flexibility index (Phi) is 4.12. The Morgan fingerprint density at radius 2 is 2.31 bits per heavy atom. The number of nitriles is 1. The molecular weight excluding hydrogens is 204 g/mol. The van der Waals surface area contributed by atoms with E-state index in [-0.39, 0.29) is 18.5 Å². The van der Waals surface area contributed by atoms with E-state index in [1.807, 2.05) is 33.0 Å². The van der Waals surface area contributed by atoms with Gasteiger partial charge in [0.2, 0.25) is 0 Å². The molecule has 0 amide bonds. The normalized spacial score (nSPS) is 11.9. The molecule has 0 N–H and O–H groups in total. The Labute approximate surface area is 95.4 Å². The van der Waals surface area contributed by atoms with Crippen molar-refractivity contribution in [1.29, 1.82) is 5.26 Å². The Morgan fingerprint density at radius 1 is 1.62 bits per heavy atom. The first-order valence-electron chi connectivity index (χ1n) is 5.30. The third-order valence-corrected chi connectivity index (χ3v) is 2.63. The molecule has 0 aromatic carbocycles. The summed E-state index contributed by atoms with van der Waals surface area (Å²) < 4.78 is 7.02. The fraction of sp³-hybridized carbons (Fsp3) is 0.500. The maximum absolute atomic E-state index is 11.8. The smallest absolute Gasteiger partial charge is 0.355 e. The van der Waals surface area contributed by atoms with Crippen molar-refractivity contribution in [3.63, 3.8) is 0 Å². The van der Waals surface area contributed by atoms with E-state index in [1.54, 1.807) is 10.6 Å². The predicted octanol–water partition coefficient (Wildman–Crippen LogP) is 2.18. The van der Waals surface area contributed by atoms with Crippen LogP contribution in [0.15, 0.2) is 12.1 Å². The molecule has 4 nitrogen and oxygen atoms in total. The molecule has 0 unspecified atom stereocenters. The summed E-state index contributed by atoms with van der Waals surface area (Å²) in [6.07, 6.45) is 0.585. The van der Waals surface area contributed by atoms with Gasteiger partial charge in [0, 0.05) is 12.7 Å². The molecule has 1 aromatic heterocycles. The molecule has 0 bridgehead atoms. The van der Waals surface area contributed by atoms with Crippen LogP contribution in [0.2, 0.25) is 0 Å². The molecule has 16 heavy (non-hydrogen) atoms. The van der Waals surface area contributed by atoms with Crippen LogP contribution in [0.4, 0.5) is 0 Å². The second-order valence-electron chi connectivity index (χ2n) is 3.72. The molecule has 0 fully saturated rings. The number of aromatic nitrogens is 1. The average molecular weight is 220 g/mol. The van der Waals surface area contributed by atoms with Crippen molar-refractivity contribution in [1.82, 2.24) is 4.57 Å². The van der Waals surface area contributed by atoms with Gasteiger partial charge in [-0.15, -0.1) is 0 Å². The van der Waals surface area contributed by atoms with E-state index in [0.717, 1.165) is 5.69 Å². The van der Waals surface area contributed by atoms with Crippen LogP contribution >= 0.6 is 0 Å². The van der Waals surface area contributed by atoms with Gasteiger partial charge in [-0.1, -0.05) is 6.92 Å². The summed E-state index contributed by atoms with van der Waals surface area (Å²) in [4.78, 5) is 11.8. The number of aryl methyl sites for hydroxylation is 1. The molecule has 1 aromatic rings. The summed E-state index contributed by atoms with van der Waals surface area (Å²) in [6, 6.07) is 5.61. The van der Waals surface area contributed by atoms with E-state index in [2.05, 4.69) is 0 Å². The second kappa shape index (κ2) is 5.36. The lowest BCUT2D eigenvalue weighted by atomic mass is 10.2. The minimum Gasteiger partial charge on any atom is -0.457 e. The van der Waals surface area contributed by atoms with Gasteiger partial charge in [-0.3, -0.25) is 0 Å². The van der Waals surface area contributed by atoms with Crippen molar-refractivity contribution >= 4 is 5.97 Å². The Morgan fingerprint density at radius 3 is 2.75 bits per heavy atom. The van der Waals surface area contributed by atoms with E-state index in [4.69, 9.17) is 10.00 Å². The third kappa shape index (κ3) is 2.63. The highest BCUT2D eigenvalue weighted by Gasteiger charge is 2.17. The number of esters is 1. The molecule has 0 saturated heterocycles. The van der Waals surface area contributed by atoms with E-state index >= 15 is 0 Å². The van der Waals surface area contributed by atoms with Crippen LogP contribution < -0.4 is 0 Å². The van der Waals surface area contributed by atoms with Crippen LogP contribution in [0.1, 0.15) is 35.9 Å².